The lowest BCUT2D eigenvalue weighted by molar-refractivity contribution is -0.143. The number of hydrogen-bond acceptors (Lipinski definition) is 3. The molecule has 1 unspecified atom stereocenters. The Labute approximate surface area is 121 Å². The minimum Gasteiger partial charge on any atom is -0.481 e. The highest BCUT2D eigenvalue weighted by molar-refractivity contribution is 5.75. The lowest BCUT2D eigenvalue weighted by Gasteiger charge is -2.26. The molecule has 1 aliphatic carbocycles. The molecule has 0 aromatic heterocycles. The normalized spacial score (nSPS) is 24.1. The van der Waals surface area contributed by atoms with Gasteiger partial charge >= 0.3 is 5.97 Å². The number of carboxylic acid groups (broad SMARTS) is 1. The lowest BCUT2D eigenvalue weighted by Crippen LogP contribution is -2.32. The fourth-order valence-electron chi connectivity index (χ4n) is 2.77. The van der Waals surface area contributed by atoms with Crippen LogP contribution < -0.4 is 11.1 Å². The van der Waals surface area contributed by atoms with Crippen molar-refractivity contribution < 1.29 is 14.7 Å². The van der Waals surface area contributed by atoms with Gasteiger partial charge in [-0.3, -0.25) is 9.59 Å². The van der Waals surface area contributed by atoms with Gasteiger partial charge in [-0.15, -0.1) is 0 Å². The van der Waals surface area contributed by atoms with Crippen LogP contribution in [0.5, 0.6) is 0 Å². The Morgan fingerprint density at radius 1 is 1.25 bits per heavy atom. The third-order valence-electron chi connectivity index (χ3n) is 4.31. The number of carbonyl (C=O) groups excluding carboxylic acids is 1. The van der Waals surface area contributed by atoms with E-state index in [0.717, 1.165) is 38.5 Å². The molecule has 0 aromatic rings. The van der Waals surface area contributed by atoms with Crippen molar-refractivity contribution in [3.8, 4) is 0 Å². The molecule has 1 atom stereocenters. The number of aliphatic carboxylic acids is 1. The van der Waals surface area contributed by atoms with Crippen molar-refractivity contribution in [2.75, 3.05) is 13.1 Å². The summed E-state index contributed by atoms with van der Waals surface area (Å²) in [4.78, 5) is 22.6. The molecule has 0 saturated heterocycles. The van der Waals surface area contributed by atoms with Gasteiger partial charge < -0.3 is 16.2 Å². The fraction of sp³-hybridized carbons (Fsp3) is 0.867. The van der Waals surface area contributed by atoms with E-state index in [1.807, 2.05) is 0 Å². The molecule has 0 spiro atoms. The van der Waals surface area contributed by atoms with Gasteiger partial charge in [0, 0.05) is 13.0 Å². The third kappa shape index (κ3) is 6.37. The number of hydrogen-bond donors (Lipinski definition) is 3. The topological polar surface area (TPSA) is 92.4 Å². The smallest absolute Gasteiger partial charge is 0.306 e. The van der Waals surface area contributed by atoms with E-state index in [2.05, 4.69) is 12.2 Å². The molecular weight excluding hydrogens is 256 g/mol. The quantitative estimate of drug-likeness (QED) is 0.633. The summed E-state index contributed by atoms with van der Waals surface area (Å²) < 4.78 is 0. The van der Waals surface area contributed by atoms with E-state index in [1.54, 1.807) is 0 Å². The molecule has 20 heavy (non-hydrogen) atoms. The van der Waals surface area contributed by atoms with Gasteiger partial charge in [0.05, 0.1) is 5.92 Å². The largest absolute Gasteiger partial charge is 0.481 e. The maximum absolute atomic E-state index is 11.7. The van der Waals surface area contributed by atoms with Crippen molar-refractivity contribution in [2.45, 2.75) is 51.9 Å². The summed E-state index contributed by atoms with van der Waals surface area (Å²) in [6, 6.07) is 0. The first-order chi connectivity index (χ1) is 9.52. The molecule has 5 nitrogen and oxygen atoms in total. The summed E-state index contributed by atoms with van der Waals surface area (Å²) in [6.45, 7) is 3.49. The van der Waals surface area contributed by atoms with E-state index < -0.39 is 5.97 Å². The number of carboxylic acids is 1. The minimum absolute atomic E-state index is 0.106. The monoisotopic (exact) mass is 284 g/mol. The van der Waals surface area contributed by atoms with Crippen LogP contribution in [0.3, 0.4) is 0 Å². The second kappa shape index (κ2) is 8.95. The molecule has 0 radical (unpaired) electrons. The van der Waals surface area contributed by atoms with Crippen LogP contribution in [0.25, 0.3) is 0 Å². The molecular formula is C15H28N2O3. The fourth-order valence-corrected chi connectivity index (χ4v) is 2.77. The third-order valence-corrected chi connectivity index (χ3v) is 4.31. The van der Waals surface area contributed by atoms with Crippen LogP contribution in [-0.2, 0) is 9.59 Å². The van der Waals surface area contributed by atoms with Crippen molar-refractivity contribution in [3.63, 3.8) is 0 Å². The molecule has 1 aliphatic rings. The molecule has 1 fully saturated rings. The van der Waals surface area contributed by atoms with Crippen LogP contribution in [0.15, 0.2) is 0 Å². The Bertz CT molecular complexity index is 312. The van der Waals surface area contributed by atoms with E-state index in [1.165, 1.54) is 0 Å². The van der Waals surface area contributed by atoms with Gasteiger partial charge in [-0.05, 0) is 56.9 Å². The summed E-state index contributed by atoms with van der Waals surface area (Å²) in [5.41, 5.74) is 5.48. The van der Waals surface area contributed by atoms with Gasteiger partial charge in [-0.25, -0.2) is 0 Å². The Morgan fingerprint density at radius 2 is 1.90 bits per heavy atom. The maximum Gasteiger partial charge on any atom is 0.306 e. The zero-order valence-corrected chi connectivity index (χ0v) is 12.4. The van der Waals surface area contributed by atoms with E-state index in [4.69, 9.17) is 10.8 Å². The summed E-state index contributed by atoms with van der Waals surface area (Å²) in [5.74, 6) is 0.183. The molecule has 0 aromatic carbocycles. The first kappa shape index (κ1) is 17.0. The number of carbonyl (C=O) groups is 2. The summed E-state index contributed by atoms with van der Waals surface area (Å²) in [6.07, 6.45) is 5.70. The molecule has 4 N–H and O–H groups in total. The summed E-state index contributed by atoms with van der Waals surface area (Å²) in [5, 5.41) is 11.9. The maximum atomic E-state index is 11.7. The highest BCUT2D eigenvalue weighted by Gasteiger charge is 2.25. The first-order valence-electron chi connectivity index (χ1n) is 7.72. The molecule has 5 heteroatoms. The zero-order chi connectivity index (χ0) is 15.0. The van der Waals surface area contributed by atoms with E-state index in [0.29, 0.717) is 31.3 Å². The average molecular weight is 284 g/mol. The van der Waals surface area contributed by atoms with E-state index >= 15 is 0 Å². The van der Waals surface area contributed by atoms with Crippen LogP contribution >= 0.6 is 0 Å². The molecule has 116 valence electrons. The van der Waals surface area contributed by atoms with Gasteiger partial charge in [0.25, 0.3) is 0 Å². The second-order valence-corrected chi connectivity index (χ2v) is 6.08. The van der Waals surface area contributed by atoms with Gasteiger partial charge in [0.1, 0.15) is 0 Å². The molecule has 1 amide bonds. The zero-order valence-electron chi connectivity index (χ0n) is 12.4. The number of rotatable bonds is 8. The molecule has 0 aliphatic heterocycles. The van der Waals surface area contributed by atoms with Gasteiger partial charge in [0.15, 0.2) is 0 Å². The van der Waals surface area contributed by atoms with Crippen LogP contribution in [0.1, 0.15) is 51.9 Å². The van der Waals surface area contributed by atoms with Gasteiger partial charge in [0.2, 0.25) is 5.91 Å². The molecule has 1 saturated carbocycles. The van der Waals surface area contributed by atoms with Crippen molar-refractivity contribution in [2.24, 2.45) is 23.5 Å². The Balaban J connectivity index is 2.11. The molecule has 0 bridgehead atoms. The Morgan fingerprint density at radius 3 is 2.45 bits per heavy atom. The molecule has 0 heterocycles. The SMILES string of the molecule is CC(CCN)CCC(=O)NCC1CCC(C(=O)O)CC1. The first-order valence-corrected chi connectivity index (χ1v) is 7.72. The van der Waals surface area contributed by atoms with Gasteiger partial charge in [-0.1, -0.05) is 6.92 Å². The number of amides is 1. The van der Waals surface area contributed by atoms with Crippen molar-refractivity contribution in [1.82, 2.24) is 5.32 Å². The highest BCUT2D eigenvalue weighted by Crippen LogP contribution is 2.28. The van der Waals surface area contributed by atoms with Crippen LogP contribution in [0.4, 0.5) is 0 Å². The van der Waals surface area contributed by atoms with E-state index in [-0.39, 0.29) is 11.8 Å². The van der Waals surface area contributed by atoms with Crippen molar-refractivity contribution in [3.05, 3.63) is 0 Å². The minimum atomic E-state index is -0.679. The standard InChI is InChI=1S/C15H28N2O3/c1-11(8-9-16)2-7-14(18)17-10-12-3-5-13(6-4-12)15(19)20/h11-13H,2-10,16H2,1H3,(H,17,18)(H,19,20). The van der Waals surface area contributed by atoms with Crippen molar-refractivity contribution in [1.29, 1.82) is 0 Å². The predicted molar refractivity (Wildman–Crippen MR) is 78.2 cm³/mol. The Kier molecular flexibility index (Phi) is 7.59. The second-order valence-electron chi connectivity index (χ2n) is 6.08. The van der Waals surface area contributed by atoms with E-state index in [9.17, 15) is 9.59 Å². The predicted octanol–water partition coefficient (Wildman–Crippen LogP) is 1.76. The number of nitrogens with two attached hydrogens (primary N) is 1. The van der Waals surface area contributed by atoms with Crippen LogP contribution in [0, 0.1) is 17.8 Å². The number of nitrogens with one attached hydrogen (secondary N) is 1. The molecule has 1 rings (SSSR count). The average Bonchev–Trinajstić information content (AvgIpc) is 2.43. The van der Waals surface area contributed by atoms with Gasteiger partial charge in [-0.2, -0.15) is 0 Å². The lowest BCUT2D eigenvalue weighted by atomic mass is 9.82. The summed E-state index contributed by atoms with van der Waals surface area (Å²) in [7, 11) is 0. The highest BCUT2D eigenvalue weighted by atomic mass is 16.4. The Hall–Kier alpha value is -1.10. The van der Waals surface area contributed by atoms with Crippen LogP contribution in [0.2, 0.25) is 0 Å². The van der Waals surface area contributed by atoms with Crippen LogP contribution in [-0.4, -0.2) is 30.1 Å². The van der Waals surface area contributed by atoms with Crippen molar-refractivity contribution >= 4 is 11.9 Å². The summed E-state index contributed by atoms with van der Waals surface area (Å²) >= 11 is 0.